The topological polar surface area (TPSA) is 112 Å². The number of halogens is 1. The van der Waals surface area contributed by atoms with Gasteiger partial charge in [-0.2, -0.15) is 0 Å². The van der Waals surface area contributed by atoms with Crippen LogP contribution in [0.25, 0.3) is 11.1 Å². The Morgan fingerprint density at radius 1 is 1.12 bits per heavy atom. The normalized spacial score (nSPS) is 11.7. The fraction of sp³-hybridized carbons (Fsp3) is 0.469. The number of nitrogens with one attached hydrogen (secondary N) is 1. The Hall–Kier alpha value is -3.20. The summed E-state index contributed by atoms with van der Waals surface area (Å²) < 4.78 is 5.71. The van der Waals surface area contributed by atoms with Gasteiger partial charge in [0.1, 0.15) is 0 Å². The zero-order valence-electron chi connectivity index (χ0n) is 25.4. The standard InChI is InChI=1S/C24H33N3O5.C5H10.C3H5Cl/c1-4-6-14-27(3)24(31)21(29)20(28)22(30)26-16-17-9-11-18(12-10-17)19-8-7-13-25-23(19)32-15-5-2;1-3-5-4-2;1-3(2)4/h7-13,20-21,28-29H,4-6,14-16H2,1-3H3,(H,26,30);3,5H,4H2,1-2H3;1H2,2H3/b;5-3-;/t20-,21-;;/m1../s1. The molecule has 8 nitrogen and oxygen atoms in total. The summed E-state index contributed by atoms with van der Waals surface area (Å²) in [6, 6.07) is 11.3. The van der Waals surface area contributed by atoms with Gasteiger partial charge in [-0.25, -0.2) is 4.98 Å². The highest BCUT2D eigenvalue weighted by molar-refractivity contribution is 6.28. The number of nitrogens with zero attached hydrogens (tertiary/aromatic N) is 2. The molecule has 1 heterocycles. The van der Waals surface area contributed by atoms with Crippen LogP contribution in [0.2, 0.25) is 0 Å². The van der Waals surface area contributed by atoms with Crippen molar-refractivity contribution < 1.29 is 24.5 Å². The average molecular weight is 590 g/mol. The minimum Gasteiger partial charge on any atom is -0.477 e. The van der Waals surface area contributed by atoms with E-state index in [0.717, 1.165) is 42.4 Å². The maximum atomic E-state index is 12.2. The molecule has 2 atom stereocenters. The van der Waals surface area contributed by atoms with E-state index in [4.69, 9.17) is 16.3 Å². The van der Waals surface area contributed by atoms with Crippen molar-refractivity contribution in [1.29, 1.82) is 0 Å². The third-order valence-electron chi connectivity index (χ3n) is 5.46. The molecule has 0 aliphatic carbocycles. The van der Waals surface area contributed by atoms with E-state index in [0.29, 0.717) is 24.1 Å². The summed E-state index contributed by atoms with van der Waals surface area (Å²) >= 11 is 5.08. The van der Waals surface area contributed by atoms with Crippen LogP contribution in [0.3, 0.4) is 0 Å². The number of allylic oxidation sites excluding steroid dienone is 3. The number of aliphatic hydroxyl groups excluding tert-OH is 2. The van der Waals surface area contributed by atoms with E-state index in [9.17, 15) is 19.8 Å². The molecule has 1 aromatic heterocycles. The summed E-state index contributed by atoms with van der Waals surface area (Å²) in [5, 5.41) is 23.3. The first-order chi connectivity index (χ1) is 19.5. The van der Waals surface area contributed by atoms with Crippen molar-refractivity contribution in [3.63, 3.8) is 0 Å². The number of unbranched alkanes of at least 4 members (excludes halogenated alkanes) is 1. The predicted molar refractivity (Wildman–Crippen MR) is 168 cm³/mol. The molecule has 1 aromatic carbocycles. The monoisotopic (exact) mass is 589 g/mol. The van der Waals surface area contributed by atoms with Gasteiger partial charge in [-0.3, -0.25) is 9.59 Å². The molecule has 2 aromatic rings. The Balaban J connectivity index is 0.00000154. The molecule has 41 heavy (non-hydrogen) atoms. The largest absolute Gasteiger partial charge is 0.477 e. The Morgan fingerprint density at radius 2 is 1.76 bits per heavy atom. The Morgan fingerprint density at radius 3 is 2.27 bits per heavy atom. The van der Waals surface area contributed by atoms with Crippen molar-refractivity contribution in [2.45, 2.75) is 79.1 Å². The van der Waals surface area contributed by atoms with E-state index < -0.39 is 24.0 Å². The minimum atomic E-state index is -1.83. The second kappa shape index (κ2) is 22.5. The van der Waals surface area contributed by atoms with E-state index in [1.165, 1.54) is 11.9 Å². The number of pyridine rings is 1. The SMILES string of the molecule is C/C=C\CC.C=C(C)Cl.CCCCN(C)C(=O)[C@H](O)[C@@H](O)C(=O)NCc1ccc(-c2cccnc2OCCC)cc1. The lowest BCUT2D eigenvalue weighted by molar-refractivity contribution is -0.152. The maximum Gasteiger partial charge on any atom is 0.254 e. The van der Waals surface area contributed by atoms with Crippen LogP contribution >= 0.6 is 11.6 Å². The number of carbonyl (C=O) groups excluding carboxylic acids is 2. The van der Waals surface area contributed by atoms with E-state index in [1.54, 1.807) is 13.1 Å². The van der Waals surface area contributed by atoms with Crippen LogP contribution < -0.4 is 10.1 Å². The lowest BCUT2D eigenvalue weighted by Crippen LogP contribution is -2.49. The van der Waals surface area contributed by atoms with Gasteiger partial charge in [-0.15, -0.1) is 0 Å². The molecular weight excluding hydrogens is 542 g/mol. The van der Waals surface area contributed by atoms with Crippen LogP contribution in [0.15, 0.2) is 66.4 Å². The number of hydrogen-bond donors (Lipinski definition) is 3. The molecule has 2 rings (SSSR count). The first kappa shape index (κ1) is 37.8. The molecule has 0 aliphatic rings. The highest BCUT2D eigenvalue weighted by Gasteiger charge is 2.31. The van der Waals surface area contributed by atoms with Gasteiger partial charge in [0.2, 0.25) is 5.88 Å². The number of rotatable bonds is 13. The van der Waals surface area contributed by atoms with Crippen LogP contribution in [0, 0.1) is 0 Å². The number of carbonyl (C=O) groups is 2. The highest BCUT2D eigenvalue weighted by Crippen LogP contribution is 2.28. The molecule has 228 valence electrons. The predicted octanol–water partition coefficient (Wildman–Crippen LogP) is 5.87. The van der Waals surface area contributed by atoms with Crippen molar-refractivity contribution in [1.82, 2.24) is 15.2 Å². The van der Waals surface area contributed by atoms with Gasteiger partial charge >= 0.3 is 0 Å². The zero-order valence-corrected chi connectivity index (χ0v) is 26.2. The molecule has 0 aliphatic heterocycles. The second-order valence-electron chi connectivity index (χ2n) is 9.28. The quantitative estimate of drug-likeness (QED) is 0.252. The summed E-state index contributed by atoms with van der Waals surface area (Å²) in [5.74, 6) is -0.912. The van der Waals surface area contributed by atoms with Crippen molar-refractivity contribution in [2.24, 2.45) is 0 Å². The summed E-state index contributed by atoms with van der Waals surface area (Å²) in [6.07, 6.45) is 5.95. The number of amides is 2. The molecule has 0 fully saturated rings. The maximum absolute atomic E-state index is 12.2. The van der Waals surface area contributed by atoms with Crippen LogP contribution in [0.1, 0.15) is 65.9 Å². The van der Waals surface area contributed by atoms with Gasteiger partial charge in [0.15, 0.2) is 12.2 Å². The molecule has 0 saturated heterocycles. The Bertz CT molecular complexity index is 1060. The second-order valence-corrected chi connectivity index (χ2v) is 9.92. The van der Waals surface area contributed by atoms with Crippen molar-refractivity contribution in [3.8, 4) is 17.0 Å². The molecular formula is C32H48ClN3O5. The molecule has 2 amide bonds. The number of aromatic nitrogens is 1. The third-order valence-corrected chi connectivity index (χ3v) is 5.46. The molecule has 0 spiro atoms. The highest BCUT2D eigenvalue weighted by atomic mass is 35.5. The van der Waals surface area contributed by atoms with E-state index in [2.05, 4.69) is 36.0 Å². The third kappa shape index (κ3) is 16.0. The molecule has 0 radical (unpaired) electrons. The molecule has 0 unspecified atom stereocenters. The van der Waals surface area contributed by atoms with E-state index in [1.807, 2.05) is 57.2 Å². The number of ether oxygens (including phenoxy) is 1. The molecule has 9 heteroatoms. The van der Waals surface area contributed by atoms with Crippen molar-refractivity contribution >= 4 is 23.4 Å². The Kier molecular flexibility index (Phi) is 20.7. The fourth-order valence-electron chi connectivity index (χ4n) is 3.27. The Labute approximate surface area is 251 Å². The van der Waals surface area contributed by atoms with Crippen LogP contribution in [0.5, 0.6) is 5.88 Å². The fourth-order valence-corrected chi connectivity index (χ4v) is 3.27. The van der Waals surface area contributed by atoms with Crippen LogP contribution in [-0.4, -0.2) is 64.3 Å². The van der Waals surface area contributed by atoms with Crippen LogP contribution in [0.4, 0.5) is 0 Å². The van der Waals surface area contributed by atoms with Gasteiger partial charge < -0.3 is 25.2 Å². The first-order valence-electron chi connectivity index (χ1n) is 14.0. The molecule has 0 saturated carbocycles. The van der Waals surface area contributed by atoms with Crippen molar-refractivity contribution in [2.75, 3.05) is 20.2 Å². The summed E-state index contributed by atoms with van der Waals surface area (Å²) in [7, 11) is 1.54. The summed E-state index contributed by atoms with van der Waals surface area (Å²) in [6.45, 7) is 14.4. The number of hydrogen-bond acceptors (Lipinski definition) is 6. The molecule has 3 N–H and O–H groups in total. The van der Waals surface area contributed by atoms with E-state index >= 15 is 0 Å². The minimum absolute atomic E-state index is 0.148. The smallest absolute Gasteiger partial charge is 0.254 e. The summed E-state index contributed by atoms with van der Waals surface area (Å²) in [4.78, 5) is 30.0. The van der Waals surface area contributed by atoms with Gasteiger partial charge in [0, 0.05) is 36.9 Å². The lowest BCUT2D eigenvalue weighted by atomic mass is 10.0. The number of benzene rings is 1. The first-order valence-corrected chi connectivity index (χ1v) is 14.4. The van der Waals surface area contributed by atoms with Crippen molar-refractivity contribution in [3.05, 3.63) is 71.9 Å². The van der Waals surface area contributed by atoms with Gasteiger partial charge in [-0.1, -0.05) is 81.8 Å². The lowest BCUT2D eigenvalue weighted by Gasteiger charge is -2.23. The van der Waals surface area contributed by atoms with Gasteiger partial charge in [0.25, 0.3) is 11.8 Å². The number of likely N-dealkylation sites (N-methyl/N-ethyl adjacent to an activating group) is 1. The van der Waals surface area contributed by atoms with Gasteiger partial charge in [0.05, 0.1) is 6.61 Å². The van der Waals surface area contributed by atoms with Gasteiger partial charge in [-0.05, 0) is 56.4 Å². The molecule has 0 bridgehead atoms. The summed E-state index contributed by atoms with van der Waals surface area (Å²) in [5.41, 5.74) is 2.60. The zero-order chi connectivity index (χ0) is 31.2. The number of aliphatic hydroxyl groups is 2. The van der Waals surface area contributed by atoms with Crippen LogP contribution in [-0.2, 0) is 16.1 Å². The average Bonchev–Trinajstić information content (AvgIpc) is 2.97. The van der Waals surface area contributed by atoms with E-state index in [-0.39, 0.29) is 6.54 Å².